The van der Waals surface area contributed by atoms with Crippen molar-refractivity contribution < 1.29 is 4.42 Å². The number of hydrogen-bond acceptors (Lipinski definition) is 3. The standard InChI is InChI=1S/C15H24N2O/c1-10-8-16-12(18-10)9-17-13-14(2,3)11-5-6-15(13,4)7-11/h8,11,13,17H,5-7,9H2,1-4H3/t11-,13?,15+/m0/s1. The van der Waals surface area contributed by atoms with Crippen molar-refractivity contribution in [3.05, 3.63) is 17.8 Å². The fourth-order valence-corrected chi connectivity index (χ4v) is 4.48. The summed E-state index contributed by atoms with van der Waals surface area (Å²) in [5.74, 6) is 2.59. The van der Waals surface area contributed by atoms with Crippen molar-refractivity contribution in [2.75, 3.05) is 0 Å². The van der Waals surface area contributed by atoms with Crippen LogP contribution in [0.3, 0.4) is 0 Å². The van der Waals surface area contributed by atoms with E-state index in [-0.39, 0.29) is 0 Å². The predicted octanol–water partition coefficient (Wildman–Crippen LogP) is 3.29. The van der Waals surface area contributed by atoms with Crippen LogP contribution in [0.5, 0.6) is 0 Å². The molecule has 1 aromatic rings. The van der Waals surface area contributed by atoms with Crippen molar-refractivity contribution in [1.29, 1.82) is 0 Å². The number of aromatic nitrogens is 1. The van der Waals surface area contributed by atoms with E-state index in [0.717, 1.165) is 24.1 Å². The van der Waals surface area contributed by atoms with Gasteiger partial charge in [0.2, 0.25) is 5.89 Å². The van der Waals surface area contributed by atoms with E-state index in [1.807, 2.05) is 6.92 Å². The van der Waals surface area contributed by atoms with E-state index in [1.54, 1.807) is 6.20 Å². The van der Waals surface area contributed by atoms with Crippen LogP contribution in [0.1, 0.15) is 51.7 Å². The SMILES string of the molecule is Cc1cnc(CNC2C(C)(C)[C@H]3CC[C@]2(C)C3)o1. The van der Waals surface area contributed by atoms with Crippen LogP contribution in [0.15, 0.2) is 10.6 Å². The van der Waals surface area contributed by atoms with Crippen molar-refractivity contribution >= 4 is 0 Å². The smallest absolute Gasteiger partial charge is 0.208 e. The van der Waals surface area contributed by atoms with Gasteiger partial charge in [-0.15, -0.1) is 0 Å². The van der Waals surface area contributed by atoms with E-state index in [0.29, 0.717) is 16.9 Å². The second-order valence-electron chi connectivity index (χ2n) is 7.09. The largest absolute Gasteiger partial charge is 0.445 e. The zero-order chi connectivity index (χ0) is 13.0. The van der Waals surface area contributed by atoms with Gasteiger partial charge in [-0.1, -0.05) is 20.8 Å². The molecular weight excluding hydrogens is 224 g/mol. The van der Waals surface area contributed by atoms with Gasteiger partial charge in [-0.3, -0.25) is 0 Å². The first-order valence-electron chi connectivity index (χ1n) is 7.06. The minimum absolute atomic E-state index is 0.397. The van der Waals surface area contributed by atoms with Gasteiger partial charge < -0.3 is 9.73 Å². The summed E-state index contributed by atoms with van der Waals surface area (Å²) in [6.07, 6.45) is 5.94. The normalized spacial score (nSPS) is 37.3. The zero-order valence-electron chi connectivity index (χ0n) is 11.9. The van der Waals surface area contributed by atoms with Gasteiger partial charge >= 0.3 is 0 Å². The van der Waals surface area contributed by atoms with Crippen LogP contribution >= 0.6 is 0 Å². The molecule has 2 bridgehead atoms. The number of aryl methyl sites for hydroxylation is 1. The zero-order valence-corrected chi connectivity index (χ0v) is 11.9. The Hall–Kier alpha value is -0.830. The molecule has 0 radical (unpaired) electrons. The fourth-order valence-electron chi connectivity index (χ4n) is 4.48. The molecule has 2 aliphatic rings. The quantitative estimate of drug-likeness (QED) is 0.892. The van der Waals surface area contributed by atoms with Gasteiger partial charge in [0.15, 0.2) is 0 Å². The summed E-state index contributed by atoms with van der Waals surface area (Å²) in [4.78, 5) is 4.28. The van der Waals surface area contributed by atoms with Crippen molar-refractivity contribution in [2.45, 2.75) is 59.5 Å². The molecule has 2 fully saturated rings. The summed E-state index contributed by atoms with van der Waals surface area (Å²) in [7, 11) is 0. The highest BCUT2D eigenvalue weighted by Crippen LogP contribution is 2.62. The van der Waals surface area contributed by atoms with Gasteiger partial charge in [-0.25, -0.2) is 4.98 Å². The summed E-state index contributed by atoms with van der Waals surface area (Å²) in [5, 5.41) is 3.72. The lowest BCUT2D eigenvalue weighted by Crippen LogP contribution is -2.49. The van der Waals surface area contributed by atoms with Gasteiger partial charge in [-0.2, -0.15) is 0 Å². The molecule has 2 aliphatic carbocycles. The monoisotopic (exact) mass is 248 g/mol. The molecule has 0 aliphatic heterocycles. The van der Waals surface area contributed by atoms with Crippen LogP contribution in [-0.4, -0.2) is 11.0 Å². The van der Waals surface area contributed by atoms with Crippen LogP contribution in [0.2, 0.25) is 0 Å². The fraction of sp³-hybridized carbons (Fsp3) is 0.800. The maximum atomic E-state index is 5.55. The highest BCUT2D eigenvalue weighted by atomic mass is 16.4. The third-order valence-corrected chi connectivity index (χ3v) is 5.40. The average molecular weight is 248 g/mol. The number of hydrogen-bond donors (Lipinski definition) is 1. The number of oxazole rings is 1. The summed E-state index contributed by atoms with van der Waals surface area (Å²) in [5.41, 5.74) is 0.866. The Morgan fingerprint density at radius 2 is 2.22 bits per heavy atom. The molecule has 0 spiro atoms. The summed E-state index contributed by atoms with van der Waals surface area (Å²) >= 11 is 0. The second-order valence-corrected chi connectivity index (χ2v) is 7.09. The first-order valence-corrected chi connectivity index (χ1v) is 7.06. The van der Waals surface area contributed by atoms with E-state index in [4.69, 9.17) is 4.42 Å². The van der Waals surface area contributed by atoms with Crippen LogP contribution in [-0.2, 0) is 6.54 Å². The molecule has 100 valence electrons. The number of rotatable bonds is 3. The Morgan fingerprint density at radius 3 is 2.78 bits per heavy atom. The Bertz CT molecular complexity index is 446. The number of nitrogens with one attached hydrogen (secondary N) is 1. The van der Waals surface area contributed by atoms with E-state index < -0.39 is 0 Å². The van der Waals surface area contributed by atoms with Gasteiger partial charge in [0.25, 0.3) is 0 Å². The second kappa shape index (κ2) is 3.83. The van der Waals surface area contributed by atoms with Crippen molar-refractivity contribution in [1.82, 2.24) is 10.3 Å². The highest BCUT2D eigenvalue weighted by Gasteiger charge is 2.58. The Balaban J connectivity index is 1.72. The molecular formula is C15H24N2O. The van der Waals surface area contributed by atoms with Crippen LogP contribution in [0.4, 0.5) is 0 Å². The molecule has 1 unspecified atom stereocenters. The molecule has 1 N–H and O–H groups in total. The Kier molecular flexibility index (Phi) is 2.60. The molecule has 2 saturated carbocycles. The topological polar surface area (TPSA) is 38.1 Å². The Morgan fingerprint density at radius 1 is 1.44 bits per heavy atom. The van der Waals surface area contributed by atoms with Gasteiger partial charge in [0.05, 0.1) is 12.7 Å². The molecule has 0 saturated heterocycles. The molecule has 1 heterocycles. The van der Waals surface area contributed by atoms with Gasteiger partial charge in [0.1, 0.15) is 5.76 Å². The van der Waals surface area contributed by atoms with Crippen LogP contribution in [0.25, 0.3) is 0 Å². The third-order valence-electron chi connectivity index (χ3n) is 5.40. The molecule has 18 heavy (non-hydrogen) atoms. The minimum atomic E-state index is 0.397. The lowest BCUT2D eigenvalue weighted by atomic mass is 9.68. The summed E-state index contributed by atoms with van der Waals surface area (Å²) in [6, 6.07) is 0.580. The average Bonchev–Trinajstić information content (AvgIpc) is 2.89. The lowest BCUT2D eigenvalue weighted by molar-refractivity contribution is 0.105. The summed E-state index contributed by atoms with van der Waals surface area (Å²) in [6.45, 7) is 9.98. The predicted molar refractivity (Wildman–Crippen MR) is 71.1 cm³/mol. The molecule has 3 nitrogen and oxygen atoms in total. The molecule has 1 aromatic heterocycles. The van der Waals surface area contributed by atoms with Crippen LogP contribution < -0.4 is 5.32 Å². The molecule has 3 heteroatoms. The first kappa shape index (κ1) is 12.2. The molecule has 0 aromatic carbocycles. The van der Waals surface area contributed by atoms with Gasteiger partial charge in [-0.05, 0) is 42.9 Å². The van der Waals surface area contributed by atoms with Crippen LogP contribution in [0, 0.1) is 23.7 Å². The van der Waals surface area contributed by atoms with E-state index in [1.165, 1.54) is 19.3 Å². The van der Waals surface area contributed by atoms with Crippen molar-refractivity contribution in [3.63, 3.8) is 0 Å². The van der Waals surface area contributed by atoms with Gasteiger partial charge in [0, 0.05) is 6.04 Å². The molecule has 3 atom stereocenters. The van der Waals surface area contributed by atoms with E-state index in [2.05, 4.69) is 31.1 Å². The minimum Gasteiger partial charge on any atom is -0.445 e. The Labute approximate surface area is 109 Å². The van der Waals surface area contributed by atoms with Crippen molar-refractivity contribution in [2.24, 2.45) is 16.7 Å². The third kappa shape index (κ3) is 1.71. The molecule has 3 rings (SSSR count). The maximum absolute atomic E-state index is 5.55. The summed E-state index contributed by atoms with van der Waals surface area (Å²) < 4.78 is 5.55. The number of fused-ring (bicyclic) bond motifs is 2. The molecule has 0 amide bonds. The highest BCUT2D eigenvalue weighted by molar-refractivity contribution is 5.12. The lowest BCUT2D eigenvalue weighted by Gasteiger charge is -2.43. The van der Waals surface area contributed by atoms with Crippen molar-refractivity contribution in [3.8, 4) is 0 Å². The maximum Gasteiger partial charge on any atom is 0.208 e. The number of nitrogens with zero attached hydrogens (tertiary/aromatic N) is 1. The first-order chi connectivity index (χ1) is 8.42. The van der Waals surface area contributed by atoms with E-state index in [9.17, 15) is 0 Å². The van der Waals surface area contributed by atoms with E-state index >= 15 is 0 Å².